The van der Waals surface area contributed by atoms with Crippen molar-refractivity contribution in [3.63, 3.8) is 0 Å². The number of halogens is 1. The van der Waals surface area contributed by atoms with E-state index in [0.717, 1.165) is 18.1 Å². The molecule has 108 valence electrons. The van der Waals surface area contributed by atoms with Gasteiger partial charge in [0.2, 0.25) is 0 Å². The first-order chi connectivity index (χ1) is 10.8. The lowest BCUT2D eigenvalue weighted by Crippen LogP contribution is -2.26. The maximum absolute atomic E-state index is 6.23. The van der Waals surface area contributed by atoms with E-state index in [-0.39, 0.29) is 0 Å². The molecule has 0 N–H and O–H groups in total. The second kappa shape index (κ2) is 5.47. The minimum atomic E-state index is 0.773. The van der Waals surface area contributed by atoms with Crippen molar-refractivity contribution in [1.82, 2.24) is 4.98 Å². The predicted octanol–water partition coefficient (Wildman–Crippen LogP) is 4.92. The third kappa shape index (κ3) is 2.36. The third-order valence-electron chi connectivity index (χ3n) is 4.07. The van der Waals surface area contributed by atoms with Gasteiger partial charge in [-0.25, -0.2) is 0 Å². The van der Waals surface area contributed by atoms with Crippen LogP contribution in [0.4, 0.5) is 5.69 Å². The highest BCUT2D eigenvalue weighted by atomic mass is 35.5. The molecule has 3 heteroatoms. The lowest BCUT2D eigenvalue weighted by atomic mass is 9.94. The van der Waals surface area contributed by atoms with E-state index in [1.807, 2.05) is 24.5 Å². The van der Waals surface area contributed by atoms with Gasteiger partial charge in [-0.3, -0.25) is 4.98 Å². The molecule has 0 unspecified atom stereocenters. The number of nitrogens with zero attached hydrogens (tertiary/aromatic N) is 2. The molecule has 2 nitrogen and oxygen atoms in total. The van der Waals surface area contributed by atoms with Gasteiger partial charge in [-0.1, -0.05) is 48.0 Å². The fourth-order valence-electron chi connectivity index (χ4n) is 3.05. The smallest absolute Gasteiger partial charge is 0.0467 e. The van der Waals surface area contributed by atoms with Crippen LogP contribution in [0.25, 0.3) is 11.1 Å². The third-order valence-corrected chi connectivity index (χ3v) is 4.31. The summed E-state index contributed by atoms with van der Waals surface area (Å²) in [4.78, 5) is 6.64. The molecular weight excluding hydrogens is 292 g/mol. The van der Waals surface area contributed by atoms with Crippen LogP contribution in [-0.2, 0) is 13.1 Å². The van der Waals surface area contributed by atoms with E-state index in [1.165, 1.54) is 27.9 Å². The Labute approximate surface area is 135 Å². The van der Waals surface area contributed by atoms with E-state index in [1.54, 1.807) is 0 Å². The largest absolute Gasteiger partial charge is 0.362 e. The number of benzene rings is 2. The van der Waals surface area contributed by atoms with E-state index in [9.17, 15) is 0 Å². The predicted molar refractivity (Wildman–Crippen MR) is 91.0 cm³/mol. The first-order valence-corrected chi connectivity index (χ1v) is 7.71. The number of rotatable bonds is 2. The molecule has 0 amide bonds. The first kappa shape index (κ1) is 13.4. The van der Waals surface area contributed by atoms with Crippen molar-refractivity contribution >= 4 is 17.3 Å². The molecule has 0 atom stereocenters. The average Bonchev–Trinajstić information content (AvgIpc) is 2.56. The van der Waals surface area contributed by atoms with Crippen LogP contribution in [0.2, 0.25) is 5.02 Å². The zero-order valence-corrected chi connectivity index (χ0v) is 12.8. The Hall–Kier alpha value is -2.32. The fourth-order valence-corrected chi connectivity index (χ4v) is 3.21. The Morgan fingerprint density at radius 3 is 2.73 bits per heavy atom. The summed E-state index contributed by atoms with van der Waals surface area (Å²) >= 11 is 6.23. The normalized spacial score (nSPS) is 12.7. The molecule has 0 radical (unpaired) electrons. The molecule has 0 saturated carbocycles. The van der Waals surface area contributed by atoms with Gasteiger partial charge in [0.25, 0.3) is 0 Å². The van der Waals surface area contributed by atoms with Gasteiger partial charge in [0.1, 0.15) is 0 Å². The van der Waals surface area contributed by atoms with Crippen molar-refractivity contribution in [2.24, 2.45) is 0 Å². The minimum absolute atomic E-state index is 0.773. The van der Waals surface area contributed by atoms with Gasteiger partial charge in [-0.2, -0.15) is 0 Å². The van der Waals surface area contributed by atoms with Crippen molar-refractivity contribution in [2.45, 2.75) is 13.1 Å². The molecule has 1 aliphatic rings. The number of hydrogen-bond acceptors (Lipinski definition) is 2. The monoisotopic (exact) mass is 306 g/mol. The van der Waals surface area contributed by atoms with Gasteiger partial charge in [-0.05, 0) is 34.9 Å². The fraction of sp³-hybridized carbons (Fsp3) is 0.105. The summed E-state index contributed by atoms with van der Waals surface area (Å²) in [5.41, 5.74) is 6.22. The quantitative estimate of drug-likeness (QED) is 0.668. The number of hydrogen-bond donors (Lipinski definition) is 0. The van der Waals surface area contributed by atoms with Crippen molar-refractivity contribution in [1.29, 1.82) is 0 Å². The molecule has 0 saturated heterocycles. The molecule has 0 spiro atoms. The molecule has 2 heterocycles. The lowest BCUT2D eigenvalue weighted by molar-refractivity contribution is 0.789. The zero-order chi connectivity index (χ0) is 14.9. The van der Waals surface area contributed by atoms with E-state index in [4.69, 9.17) is 11.6 Å². The van der Waals surface area contributed by atoms with E-state index < -0.39 is 0 Å². The van der Waals surface area contributed by atoms with E-state index >= 15 is 0 Å². The summed E-state index contributed by atoms with van der Waals surface area (Å²) in [5.74, 6) is 0. The summed E-state index contributed by atoms with van der Waals surface area (Å²) in [6, 6.07) is 18.7. The number of aromatic nitrogens is 1. The highest BCUT2D eigenvalue weighted by molar-refractivity contribution is 6.31. The number of fused-ring (bicyclic) bond motifs is 3. The summed E-state index contributed by atoms with van der Waals surface area (Å²) in [6.07, 6.45) is 3.81. The SMILES string of the molecule is Clc1ccc2c(c1)N(Cc1ccccc1)Cc1cnccc1-2. The molecule has 1 aliphatic heterocycles. The maximum Gasteiger partial charge on any atom is 0.0467 e. The van der Waals surface area contributed by atoms with Crippen LogP contribution in [0.3, 0.4) is 0 Å². The summed E-state index contributed by atoms with van der Waals surface area (Å²) in [7, 11) is 0. The van der Waals surface area contributed by atoms with Gasteiger partial charge in [0.15, 0.2) is 0 Å². The Bertz CT molecular complexity index is 813. The van der Waals surface area contributed by atoms with Crippen LogP contribution < -0.4 is 4.90 Å². The van der Waals surface area contributed by atoms with Gasteiger partial charge >= 0.3 is 0 Å². The maximum atomic E-state index is 6.23. The molecule has 4 rings (SSSR count). The van der Waals surface area contributed by atoms with E-state index in [2.05, 4.69) is 52.3 Å². The topological polar surface area (TPSA) is 16.1 Å². The Kier molecular flexibility index (Phi) is 3.32. The highest BCUT2D eigenvalue weighted by Gasteiger charge is 2.22. The lowest BCUT2D eigenvalue weighted by Gasteiger charge is -2.33. The molecule has 0 bridgehead atoms. The zero-order valence-electron chi connectivity index (χ0n) is 12.0. The van der Waals surface area contributed by atoms with Crippen molar-refractivity contribution in [2.75, 3.05) is 4.90 Å². The van der Waals surface area contributed by atoms with Crippen molar-refractivity contribution in [3.8, 4) is 11.1 Å². The second-order valence-corrected chi connectivity index (χ2v) is 5.97. The van der Waals surface area contributed by atoms with Gasteiger partial charge in [-0.15, -0.1) is 0 Å². The van der Waals surface area contributed by atoms with Gasteiger partial charge in [0, 0.05) is 41.8 Å². The van der Waals surface area contributed by atoms with Crippen molar-refractivity contribution in [3.05, 3.63) is 83.1 Å². The van der Waals surface area contributed by atoms with E-state index in [0.29, 0.717) is 0 Å². The average molecular weight is 307 g/mol. The second-order valence-electron chi connectivity index (χ2n) is 5.54. The Morgan fingerprint density at radius 1 is 1.00 bits per heavy atom. The van der Waals surface area contributed by atoms with Crippen LogP contribution in [-0.4, -0.2) is 4.98 Å². The molecule has 1 aromatic heterocycles. The van der Waals surface area contributed by atoms with Gasteiger partial charge in [0.05, 0.1) is 0 Å². The Morgan fingerprint density at radius 2 is 1.86 bits per heavy atom. The molecule has 3 aromatic rings. The summed E-state index contributed by atoms with van der Waals surface area (Å²) < 4.78 is 0. The van der Waals surface area contributed by atoms with Crippen LogP contribution in [0.1, 0.15) is 11.1 Å². The van der Waals surface area contributed by atoms with Gasteiger partial charge < -0.3 is 4.90 Å². The van der Waals surface area contributed by atoms with Crippen LogP contribution in [0.15, 0.2) is 67.0 Å². The first-order valence-electron chi connectivity index (χ1n) is 7.33. The summed E-state index contributed by atoms with van der Waals surface area (Å²) in [5, 5.41) is 0.773. The van der Waals surface area contributed by atoms with Crippen LogP contribution >= 0.6 is 11.6 Å². The van der Waals surface area contributed by atoms with Crippen LogP contribution in [0.5, 0.6) is 0 Å². The minimum Gasteiger partial charge on any atom is -0.362 e. The van der Waals surface area contributed by atoms with Crippen molar-refractivity contribution < 1.29 is 0 Å². The molecular formula is C19H15ClN2. The number of pyridine rings is 1. The van der Waals surface area contributed by atoms with Crippen LogP contribution in [0, 0.1) is 0 Å². The molecule has 22 heavy (non-hydrogen) atoms. The summed E-state index contributed by atoms with van der Waals surface area (Å²) in [6.45, 7) is 1.72. The Balaban J connectivity index is 1.80. The molecule has 0 fully saturated rings. The molecule has 2 aromatic carbocycles. The number of anilines is 1. The molecule has 0 aliphatic carbocycles. The standard InChI is InChI=1S/C19H15ClN2/c20-16-6-7-18-17-8-9-21-11-15(17)13-22(19(18)10-16)12-14-4-2-1-3-5-14/h1-11H,12-13H2. The highest BCUT2D eigenvalue weighted by Crippen LogP contribution is 2.40.